The average molecular weight is 286 g/mol. The van der Waals surface area contributed by atoms with Gasteiger partial charge in [0, 0.05) is 0 Å². The van der Waals surface area contributed by atoms with E-state index in [-0.39, 0.29) is 17.7 Å². The number of nitrogens with one attached hydrogen (secondary N) is 2. The van der Waals surface area contributed by atoms with Crippen LogP contribution in [0.2, 0.25) is 0 Å². The lowest BCUT2D eigenvalue weighted by Gasteiger charge is -2.24. The number of carbonyl (C=O) groups excluding carboxylic acids is 1. The van der Waals surface area contributed by atoms with Crippen molar-refractivity contribution in [1.29, 1.82) is 0 Å². The molecular formula is C16H18N2O3. The van der Waals surface area contributed by atoms with Crippen LogP contribution in [-0.4, -0.2) is 17.0 Å². The van der Waals surface area contributed by atoms with Gasteiger partial charge in [0.1, 0.15) is 0 Å². The van der Waals surface area contributed by atoms with E-state index in [4.69, 9.17) is 0 Å². The molecule has 1 aromatic carbocycles. The second-order valence-corrected chi connectivity index (χ2v) is 5.77. The third kappa shape index (κ3) is 2.39. The summed E-state index contributed by atoms with van der Waals surface area (Å²) >= 11 is 0. The van der Waals surface area contributed by atoms with Crippen LogP contribution in [0, 0.1) is 30.6 Å². The molecular weight excluding hydrogens is 268 g/mol. The number of anilines is 1. The van der Waals surface area contributed by atoms with Crippen LogP contribution >= 0.6 is 0 Å². The number of rotatable bonds is 4. The Labute approximate surface area is 123 Å². The summed E-state index contributed by atoms with van der Waals surface area (Å²) < 4.78 is 0. The molecule has 0 spiro atoms. The highest BCUT2D eigenvalue weighted by atomic mass is 16.4. The standard InChI is InChI=1S/C16H18N2O3/c1-9-4-2-3-5-12(9)17-18-15(19)13-10-6-7-11(8-10)14(13)16(20)21/h2-7,10-11,13-14,17H,8H2,1H3,(H,18,19)(H,20,21). The van der Waals surface area contributed by atoms with Crippen molar-refractivity contribution in [2.45, 2.75) is 13.3 Å². The van der Waals surface area contributed by atoms with Gasteiger partial charge >= 0.3 is 5.97 Å². The molecule has 2 aliphatic carbocycles. The molecule has 0 saturated heterocycles. The molecule has 110 valence electrons. The third-order valence-corrected chi connectivity index (χ3v) is 4.51. The molecule has 3 rings (SSSR count). The molecule has 0 aromatic heterocycles. The number of carboxylic acids is 1. The van der Waals surface area contributed by atoms with Gasteiger partial charge in [0.25, 0.3) is 0 Å². The van der Waals surface area contributed by atoms with Crippen molar-refractivity contribution in [1.82, 2.24) is 5.43 Å². The molecule has 5 nitrogen and oxygen atoms in total. The van der Waals surface area contributed by atoms with Crippen LogP contribution in [0.5, 0.6) is 0 Å². The minimum atomic E-state index is -0.886. The Kier molecular flexibility index (Phi) is 3.41. The highest BCUT2D eigenvalue weighted by Crippen LogP contribution is 2.48. The van der Waals surface area contributed by atoms with Gasteiger partial charge in [-0.3, -0.25) is 20.4 Å². The number of carboxylic acid groups (broad SMARTS) is 1. The van der Waals surface area contributed by atoms with Crippen molar-refractivity contribution < 1.29 is 14.7 Å². The van der Waals surface area contributed by atoms with Gasteiger partial charge in [0.15, 0.2) is 0 Å². The summed E-state index contributed by atoms with van der Waals surface area (Å²) in [5.41, 5.74) is 7.39. The van der Waals surface area contributed by atoms with Crippen molar-refractivity contribution in [3.63, 3.8) is 0 Å². The molecule has 0 aliphatic heterocycles. The Bertz CT molecular complexity index is 611. The lowest BCUT2D eigenvalue weighted by molar-refractivity contribution is -0.147. The molecule has 3 N–H and O–H groups in total. The minimum Gasteiger partial charge on any atom is -0.481 e. The second-order valence-electron chi connectivity index (χ2n) is 5.77. The van der Waals surface area contributed by atoms with Crippen LogP contribution in [0.4, 0.5) is 5.69 Å². The summed E-state index contributed by atoms with van der Waals surface area (Å²) in [6.45, 7) is 1.94. The van der Waals surface area contributed by atoms with E-state index < -0.39 is 17.8 Å². The smallest absolute Gasteiger partial charge is 0.307 e. The fourth-order valence-electron chi connectivity index (χ4n) is 3.44. The zero-order chi connectivity index (χ0) is 15.0. The molecule has 1 aromatic rings. The van der Waals surface area contributed by atoms with Gasteiger partial charge in [-0.2, -0.15) is 0 Å². The van der Waals surface area contributed by atoms with E-state index in [9.17, 15) is 14.7 Å². The first kappa shape index (κ1) is 13.7. The van der Waals surface area contributed by atoms with Crippen molar-refractivity contribution in [3.8, 4) is 0 Å². The summed E-state index contributed by atoms with van der Waals surface area (Å²) in [6.07, 6.45) is 4.67. The summed E-state index contributed by atoms with van der Waals surface area (Å²) in [6, 6.07) is 7.60. The van der Waals surface area contributed by atoms with Crippen LogP contribution in [0.25, 0.3) is 0 Å². The maximum absolute atomic E-state index is 12.4. The van der Waals surface area contributed by atoms with Crippen molar-refractivity contribution in [2.75, 3.05) is 5.43 Å². The quantitative estimate of drug-likeness (QED) is 0.584. The summed E-state index contributed by atoms with van der Waals surface area (Å²) in [4.78, 5) is 23.8. The zero-order valence-electron chi connectivity index (χ0n) is 11.7. The average Bonchev–Trinajstić information content (AvgIpc) is 3.06. The molecule has 1 amide bonds. The number of aryl methyl sites for hydroxylation is 1. The number of hydrazine groups is 1. The van der Waals surface area contributed by atoms with E-state index >= 15 is 0 Å². The maximum Gasteiger partial charge on any atom is 0.307 e. The molecule has 1 saturated carbocycles. The van der Waals surface area contributed by atoms with Crippen LogP contribution in [0.15, 0.2) is 36.4 Å². The van der Waals surface area contributed by atoms with E-state index in [1.165, 1.54) is 0 Å². The number of fused-ring (bicyclic) bond motifs is 2. The van der Waals surface area contributed by atoms with Gasteiger partial charge in [-0.15, -0.1) is 0 Å². The van der Waals surface area contributed by atoms with Gasteiger partial charge in [-0.25, -0.2) is 0 Å². The molecule has 2 aliphatic rings. The van der Waals surface area contributed by atoms with E-state index in [2.05, 4.69) is 10.9 Å². The number of hydrogen-bond acceptors (Lipinski definition) is 3. The Morgan fingerprint density at radius 1 is 1.14 bits per heavy atom. The number of aliphatic carboxylic acids is 1. The number of amides is 1. The highest BCUT2D eigenvalue weighted by molar-refractivity contribution is 5.87. The Hall–Kier alpha value is -2.30. The monoisotopic (exact) mass is 286 g/mol. The predicted octanol–water partition coefficient (Wildman–Crippen LogP) is 1.96. The summed E-state index contributed by atoms with van der Waals surface area (Å²) in [5, 5.41) is 9.35. The van der Waals surface area contributed by atoms with E-state index in [1.54, 1.807) is 0 Å². The van der Waals surface area contributed by atoms with E-state index in [1.807, 2.05) is 43.3 Å². The van der Waals surface area contributed by atoms with Crippen LogP contribution in [-0.2, 0) is 9.59 Å². The maximum atomic E-state index is 12.4. The molecule has 21 heavy (non-hydrogen) atoms. The van der Waals surface area contributed by atoms with E-state index in [0.29, 0.717) is 0 Å². The van der Waals surface area contributed by atoms with Gasteiger partial charge < -0.3 is 5.11 Å². The van der Waals surface area contributed by atoms with Crippen molar-refractivity contribution in [2.24, 2.45) is 23.7 Å². The third-order valence-electron chi connectivity index (χ3n) is 4.51. The van der Waals surface area contributed by atoms with Crippen molar-refractivity contribution in [3.05, 3.63) is 42.0 Å². The lowest BCUT2D eigenvalue weighted by Crippen LogP contribution is -2.42. The first-order valence-electron chi connectivity index (χ1n) is 7.10. The van der Waals surface area contributed by atoms with Gasteiger partial charge in [-0.1, -0.05) is 30.4 Å². The molecule has 2 bridgehead atoms. The number of hydrogen-bond donors (Lipinski definition) is 3. The van der Waals surface area contributed by atoms with E-state index in [0.717, 1.165) is 17.7 Å². The molecule has 5 heteroatoms. The fraction of sp³-hybridized carbons (Fsp3) is 0.375. The molecule has 0 heterocycles. The first-order valence-corrected chi connectivity index (χ1v) is 7.10. The van der Waals surface area contributed by atoms with Gasteiger partial charge in [0.2, 0.25) is 5.91 Å². The zero-order valence-corrected chi connectivity index (χ0v) is 11.7. The highest BCUT2D eigenvalue weighted by Gasteiger charge is 2.51. The summed E-state index contributed by atoms with van der Waals surface area (Å²) in [5.74, 6) is -2.21. The second kappa shape index (κ2) is 5.24. The molecule has 0 radical (unpaired) electrons. The van der Waals surface area contributed by atoms with Crippen LogP contribution in [0.1, 0.15) is 12.0 Å². The van der Waals surface area contributed by atoms with Crippen molar-refractivity contribution >= 4 is 17.6 Å². The number of allylic oxidation sites excluding steroid dienone is 2. The largest absolute Gasteiger partial charge is 0.481 e. The normalized spacial score (nSPS) is 29.4. The minimum absolute atomic E-state index is 0.0123. The number of para-hydroxylation sites is 1. The predicted molar refractivity (Wildman–Crippen MR) is 78.3 cm³/mol. The number of carbonyl (C=O) groups is 2. The Balaban J connectivity index is 1.69. The Morgan fingerprint density at radius 3 is 2.48 bits per heavy atom. The SMILES string of the molecule is Cc1ccccc1NNC(=O)C1C2C=CC(C2)C1C(=O)O. The molecule has 4 unspecified atom stereocenters. The Morgan fingerprint density at radius 2 is 1.81 bits per heavy atom. The van der Waals surface area contributed by atoms with Crippen LogP contribution < -0.4 is 10.9 Å². The van der Waals surface area contributed by atoms with Gasteiger partial charge in [-0.05, 0) is 36.8 Å². The fourth-order valence-corrected chi connectivity index (χ4v) is 3.44. The topological polar surface area (TPSA) is 78.4 Å². The lowest BCUT2D eigenvalue weighted by atomic mass is 9.82. The first-order chi connectivity index (χ1) is 10.1. The molecule has 4 atom stereocenters. The van der Waals surface area contributed by atoms with Crippen LogP contribution in [0.3, 0.4) is 0 Å². The number of benzene rings is 1. The van der Waals surface area contributed by atoms with Gasteiger partial charge in [0.05, 0.1) is 17.5 Å². The molecule has 1 fully saturated rings. The summed E-state index contributed by atoms with van der Waals surface area (Å²) in [7, 11) is 0.